The van der Waals surface area contributed by atoms with Crippen LogP contribution in [-0.2, 0) is 20.9 Å². The van der Waals surface area contributed by atoms with E-state index in [1.807, 2.05) is 20.8 Å². The number of amides is 2. The van der Waals surface area contributed by atoms with Gasteiger partial charge in [0.1, 0.15) is 12.6 Å². The van der Waals surface area contributed by atoms with Gasteiger partial charge in [0.2, 0.25) is 0 Å². The van der Waals surface area contributed by atoms with Crippen LogP contribution in [0.25, 0.3) is 0 Å². The van der Waals surface area contributed by atoms with Crippen LogP contribution in [0.4, 0.5) is 4.79 Å². The van der Waals surface area contributed by atoms with E-state index in [9.17, 15) is 19.2 Å². The summed E-state index contributed by atoms with van der Waals surface area (Å²) in [5, 5.41) is 32.9. The van der Waals surface area contributed by atoms with Crippen LogP contribution in [-0.4, -0.2) is 58.4 Å². The molecule has 0 heterocycles. The Labute approximate surface area is 189 Å². The van der Waals surface area contributed by atoms with E-state index in [-0.39, 0.29) is 12.8 Å². The highest BCUT2D eigenvalue weighted by atomic mass is 16.4. The van der Waals surface area contributed by atoms with Gasteiger partial charge in [-0.05, 0) is 38.3 Å². The van der Waals surface area contributed by atoms with Crippen molar-refractivity contribution < 1.29 is 34.5 Å². The van der Waals surface area contributed by atoms with E-state index in [4.69, 9.17) is 15.3 Å². The third-order valence-electron chi connectivity index (χ3n) is 3.85. The lowest BCUT2D eigenvalue weighted by Gasteiger charge is -2.14. The average molecular weight is 456 g/mol. The first-order valence-corrected chi connectivity index (χ1v) is 10.6. The van der Waals surface area contributed by atoms with Gasteiger partial charge in [-0.2, -0.15) is 0 Å². The summed E-state index contributed by atoms with van der Waals surface area (Å²) in [4.78, 5) is 42.3. The fourth-order valence-corrected chi connectivity index (χ4v) is 2.16. The van der Waals surface area contributed by atoms with E-state index in [2.05, 4.69) is 40.2 Å². The molecule has 0 aliphatic rings. The normalized spacial score (nSPS) is 10.4. The number of aliphatic carboxylic acids is 3. The van der Waals surface area contributed by atoms with Gasteiger partial charge in [0, 0.05) is 13.0 Å². The largest absolute Gasteiger partial charge is 0.481 e. The number of unbranched alkanes of at least 4 members (excludes halogenated alkanes) is 1. The highest BCUT2D eigenvalue weighted by molar-refractivity contribution is 5.84. The molecule has 32 heavy (non-hydrogen) atoms. The SMILES string of the molecule is CC.CCC(=O)O.Cc1ccc(CNCCCCC(NC(=O)NCC(=O)O)C(=O)O)cc1. The van der Waals surface area contributed by atoms with E-state index in [1.54, 1.807) is 6.92 Å². The molecule has 0 spiro atoms. The van der Waals surface area contributed by atoms with E-state index in [0.717, 1.165) is 19.5 Å². The Morgan fingerprint density at radius 3 is 1.97 bits per heavy atom. The number of hydrogen-bond donors (Lipinski definition) is 6. The molecule has 0 saturated carbocycles. The fourth-order valence-electron chi connectivity index (χ4n) is 2.16. The quantitative estimate of drug-likeness (QED) is 0.262. The smallest absolute Gasteiger partial charge is 0.326 e. The minimum Gasteiger partial charge on any atom is -0.481 e. The van der Waals surface area contributed by atoms with Gasteiger partial charge >= 0.3 is 23.9 Å². The highest BCUT2D eigenvalue weighted by Gasteiger charge is 2.19. The summed E-state index contributed by atoms with van der Waals surface area (Å²) < 4.78 is 0. The van der Waals surface area contributed by atoms with Crippen molar-refractivity contribution >= 4 is 23.9 Å². The Bertz CT molecular complexity index is 679. The van der Waals surface area contributed by atoms with Gasteiger partial charge in [-0.1, -0.05) is 50.6 Å². The number of carbonyl (C=O) groups is 4. The molecule has 1 unspecified atom stereocenters. The molecule has 0 aliphatic carbocycles. The van der Waals surface area contributed by atoms with Crippen LogP contribution in [0.2, 0.25) is 0 Å². The minimum absolute atomic E-state index is 0.222. The number of carbonyl (C=O) groups excluding carboxylic acids is 1. The average Bonchev–Trinajstić information content (AvgIpc) is 2.76. The summed E-state index contributed by atoms with van der Waals surface area (Å²) in [6.45, 7) is 8.57. The van der Waals surface area contributed by atoms with Gasteiger partial charge in [-0.15, -0.1) is 0 Å². The second kappa shape index (κ2) is 19.8. The summed E-state index contributed by atoms with van der Waals surface area (Å²) in [6, 6.07) is 6.38. The van der Waals surface area contributed by atoms with Gasteiger partial charge in [-0.25, -0.2) is 9.59 Å². The molecule has 1 aromatic rings. The van der Waals surface area contributed by atoms with Crippen LogP contribution in [0.3, 0.4) is 0 Å². The molecule has 10 nitrogen and oxygen atoms in total. The van der Waals surface area contributed by atoms with Gasteiger partial charge < -0.3 is 31.3 Å². The first-order chi connectivity index (χ1) is 15.1. The molecule has 0 aromatic heterocycles. The summed E-state index contributed by atoms with van der Waals surface area (Å²) in [5.74, 6) is -3.08. The van der Waals surface area contributed by atoms with Crippen molar-refractivity contribution in [3.05, 3.63) is 35.4 Å². The van der Waals surface area contributed by atoms with Crippen molar-refractivity contribution in [3.63, 3.8) is 0 Å². The number of urea groups is 1. The van der Waals surface area contributed by atoms with Crippen molar-refractivity contribution in [3.8, 4) is 0 Å². The maximum Gasteiger partial charge on any atom is 0.326 e. The summed E-state index contributed by atoms with van der Waals surface area (Å²) in [6.07, 6.45) is 1.90. The zero-order chi connectivity index (χ0) is 24.9. The predicted molar refractivity (Wildman–Crippen MR) is 122 cm³/mol. The van der Waals surface area contributed by atoms with Crippen LogP contribution >= 0.6 is 0 Å². The Kier molecular flexibility index (Phi) is 19.2. The second-order valence-corrected chi connectivity index (χ2v) is 6.52. The van der Waals surface area contributed by atoms with E-state index >= 15 is 0 Å². The van der Waals surface area contributed by atoms with Gasteiger partial charge in [0.05, 0.1) is 0 Å². The molecular formula is C22H37N3O7. The van der Waals surface area contributed by atoms with Crippen molar-refractivity contribution in [2.45, 2.75) is 66.0 Å². The van der Waals surface area contributed by atoms with Gasteiger partial charge in [-0.3, -0.25) is 9.59 Å². The molecule has 1 aromatic carbocycles. The molecule has 1 atom stereocenters. The zero-order valence-electron chi connectivity index (χ0n) is 19.3. The standard InChI is InChI=1S/C17H25N3O5.C3H6O2.C2H6/c1-12-5-7-13(8-6-12)10-18-9-3-2-4-14(16(23)24)20-17(25)19-11-15(21)22;1-2-3(4)5;1-2/h5-8,14,18H,2-4,9-11H2,1H3,(H,21,22)(H,23,24)(H2,19,20,25);2H2,1H3,(H,4,5);1-2H3. The Morgan fingerprint density at radius 1 is 0.938 bits per heavy atom. The lowest BCUT2D eigenvalue weighted by atomic mass is 10.1. The molecule has 182 valence electrons. The number of nitrogens with one attached hydrogen (secondary N) is 3. The summed E-state index contributed by atoms with van der Waals surface area (Å²) in [7, 11) is 0. The third kappa shape index (κ3) is 18.9. The number of benzene rings is 1. The zero-order valence-corrected chi connectivity index (χ0v) is 19.3. The molecule has 0 bridgehead atoms. The number of aryl methyl sites for hydroxylation is 1. The molecule has 10 heteroatoms. The first kappa shape index (κ1) is 31.0. The Hall–Kier alpha value is -3.14. The predicted octanol–water partition coefficient (Wildman–Crippen LogP) is 2.60. The van der Waals surface area contributed by atoms with Crippen LogP contribution in [0.5, 0.6) is 0 Å². The Balaban J connectivity index is 0. The van der Waals surface area contributed by atoms with Gasteiger partial charge in [0.25, 0.3) is 0 Å². The molecule has 6 N–H and O–H groups in total. The number of carboxylic acid groups (broad SMARTS) is 3. The summed E-state index contributed by atoms with van der Waals surface area (Å²) in [5.41, 5.74) is 2.40. The van der Waals surface area contributed by atoms with Crippen LogP contribution < -0.4 is 16.0 Å². The molecule has 0 saturated heterocycles. The molecule has 0 aliphatic heterocycles. The summed E-state index contributed by atoms with van der Waals surface area (Å²) >= 11 is 0. The van der Waals surface area contributed by atoms with Gasteiger partial charge in [0.15, 0.2) is 0 Å². The fraction of sp³-hybridized carbons (Fsp3) is 0.545. The van der Waals surface area contributed by atoms with Crippen LogP contribution in [0.1, 0.15) is 57.6 Å². The first-order valence-electron chi connectivity index (χ1n) is 10.6. The monoisotopic (exact) mass is 455 g/mol. The molecule has 0 radical (unpaired) electrons. The van der Waals surface area contributed by atoms with E-state index in [0.29, 0.717) is 6.42 Å². The molecular weight excluding hydrogens is 418 g/mol. The third-order valence-corrected chi connectivity index (χ3v) is 3.85. The molecule has 1 rings (SSSR count). The number of rotatable bonds is 12. The van der Waals surface area contributed by atoms with Crippen molar-refractivity contribution in [1.29, 1.82) is 0 Å². The van der Waals surface area contributed by atoms with Crippen molar-refractivity contribution in [1.82, 2.24) is 16.0 Å². The Morgan fingerprint density at radius 2 is 1.50 bits per heavy atom. The lowest BCUT2D eigenvalue weighted by molar-refractivity contribution is -0.139. The highest BCUT2D eigenvalue weighted by Crippen LogP contribution is 2.04. The molecule has 2 amide bonds. The van der Waals surface area contributed by atoms with Crippen LogP contribution in [0.15, 0.2) is 24.3 Å². The second-order valence-electron chi connectivity index (χ2n) is 6.52. The number of hydrogen-bond acceptors (Lipinski definition) is 5. The van der Waals surface area contributed by atoms with E-state index < -0.39 is 36.5 Å². The minimum atomic E-state index is -1.19. The maximum atomic E-state index is 11.4. The maximum absolute atomic E-state index is 11.4. The van der Waals surface area contributed by atoms with Crippen molar-refractivity contribution in [2.75, 3.05) is 13.1 Å². The topological polar surface area (TPSA) is 165 Å². The van der Waals surface area contributed by atoms with Crippen LogP contribution in [0, 0.1) is 6.92 Å². The van der Waals surface area contributed by atoms with E-state index in [1.165, 1.54) is 11.1 Å². The lowest BCUT2D eigenvalue weighted by Crippen LogP contribution is -2.47. The molecule has 0 fully saturated rings. The number of carboxylic acids is 3. The van der Waals surface area contributed by atoms with Crippen molar-refractivity contribution in [2.24, 2.45) is 0 Å².